The number of rotatable bonds is 3. The van der Waals surface area contributed by atoms with Gasteiger partial charge in [-0.05, 0) is 69.2 Å². The lowest BCUT2D eigenvalue weighted by atomic mass is 9.85. The number of halogens is 3. The van der Waals surface area contributed by atoms with Crippen molar-refractivity contribution in [2.24, 2.45) is 0 Å². The van der Waals surface area contributed by atoms with Crippen LogP contribution in [0.2, 0.25) is 10.0 Å². The van der Waals surface area contributed by atoms with Crippen LogP contribution in [0.5, 0.6) is 0 Å². The maximum Gasteiger partial charge on any atom is 0.410 e. The number of carbonyl (C=O) groups is 2. The number of piperidine rings is 1. The predicted molar refractivity (Wildman–Crippen MR) is 119 cm³/mol. The first-order valence-electron chi connectivity index (χ1n) is 10.0. The van der Waals surface area contributed by atoms with Gasteiger partial charge in [-0.3, -0.25) is 4.79 Å². The Balaban J connectivity index is 1.83. The summed E-state index contributed by atoms with van der Waals surface area (Å²) in [5.74, 6) is -1.05. The third-order valence-electron chi connectivity index (χ3n) is 5.06. The Labute approximate surface area is 191 Å². The van der Waals surface area contributed by atoms with E-state index in [1.165, 1.54) is 6.07 Å². The standard InChI is InChI=1S/C23H25Cl2FN2O3/c1-23(2,3)31-22(30)28-11-10-20(27-21(29)14-4-7-16(24)8-5-14)17(13-28)15-6-9-19(26)18(25)12-15/h4-9,12,17,20H,10-11,13H2,1-3H3,(H,27,29). The van der Waals surface area contributed by atoms with Crippen LogP contribution in [0.3, 0.4) is 0 Å². The molecule has 2 amide bonds. The number of hydrogen-bond donors (Lipinski definition) is 1. The molecule has 1 saturated heterocycles. The molecule has 1 fully saturated rings. The van der Waals surface area contributed by atoms with Crippen LogP contribution in [-0.2, 0) is 4.74 Å². The van der Waals surface area contributed by atoms with Crippen molar-refractivity contribution >= 4 is 35.2 Å². The Kier molecular flexibility index (Phi) is 7.12. The van der Waals surface area contributed by atoms with Crippen LogP contribution in [0, 0.1) is 5.82 Å². The summed E-state index contributed by atoms with van der Waals surface area (Å²) < 4.78 is 19.2. The minimum absolute atomic E-state index is 0.00494. The quantitative estimate of drug-likeness (QED) is 0.634. The topological polar surface area (TPSA) is 58.6 Å². The molecule has 0 bridgehead atoms. The van der Waals surface area contributed by atoms with E-state index in [9.17, 15) is 14.0 Å². The maximum absolute atomic E-state index is 13.7. The smallest absolute Gasteiger partial charge is 0.410 e. The summed E-state index contributed by atoms with van der Waals surface area (Å²) in [4.78, 5) is 27.0. The fraction of sp³-hybridized carbons (Fsp3) is 0.391. The van der Waals surface area contributed by atoms with Gasteiger partial charge in [0.05, 0.1) is 5.02 Å². The Hall–Kier alpha value is -2.31. The van der Waals surface area contributed by atoms with Gasteiger partial charge in [0.25, 0.3) is 5.91 Å². The van der Waals surface area contributed by atoms with Gasteiger partial charge in [-0.25, -0.2) is 9.18 Å². The van der Waals surface area contributed by atoms with Crippen molar-refractivity contribution in [1.29, 1.82) is 0 Å². The maximum atomic E-state index is 13.7. The molecule has 2 unspecified atom stereocenters. The molecule has 1 N–H and O–H groups in total. The molecule has 3 rings (SSSR count). The number of benzene rings is 2. The van der Waals surface area contributed by atoms with Crippen LogP contribution in [-0.4, -0.2) is 41.6 Å². The van der Waals surface area contributed by atoms with Crippen molar-refractivity contribution < 1.29 is 18.7 Å². The molecule has 0 aromatic heterocycles. The Morgan fingerprint density at radius 2 is 1.81 bits per heavy atom. The molecule has 0 aliphatic carbocycles. The second-order valence-electron chi connectivity index (χ2n) is 8.58. The number of nitrogens with one attached hydrogen (secondary N) is 1. The Bertz CT molecular complexity index is 960. The summed E-state index contributed by atoms with van der Waals surface area (Å²) in [6, 6.07) is 10.8. The molecule has 0 radical (unpaired) electrons. The number of likely N-dealkylation sites (tertiary alicyclic amines) is 1. The lowest BCUT2D eigenvalue weighted by molar-refractivity contribution is 0.0177. The lowest BCUT2D eigenvalue weighted by Crippen LogP contribution is -2.52. The van der Waals surface area contributed by atoms with Gasteiger partial charge in [-0.15, -0.1) is 0 Å². The minimum Gasteiger partial charge on any atom is -0.444 e. The first-order valence-corrected chi connectivity index (χ1v) is 10.8. The van der Waals surface area contributed by atoms with Gasteiger partial charge in [0.2, 0.25) is 0 Å². The summed E-state index contributed by atoms with van der Waals surface area (Å²) in [7, 11) is 0. The normalized spacial score (nSPS) is 19.1. The van der Waals surface area contributed by atoms with E-state index in [-0.39, 0.29) is 22.9 Å². The van der Waals surface area contributed by atoms with Crippen LogP contribution < -0.4 is 5.32 Å². The van der Waals surface area contributed by atoms with E-state index in [0.29, 0.717) is 30.1 Å². The van der Waals surface area contributed by atoms with Gasteiger partial charge >= 0.3 is 6.09 Å². The Morgan fingerprint density at radius 3 is 2.42 bits per heavy atom. The fourth-order valence-corrected chi connectivity index (χ4v) is 3.87. The molecular formula is C23H25Cl2FN2O3. The molecule has 5 nitrogen and oxygen atoms in total. The summed E-state index contributed by atoms with van der Waals surface area (Å²) in [6.07, 6.45) is 0.0892. The molecule has 166 valence electrons. The van der Waals surface area contributed by atoms with E-state index in [2.05, 4.69) is 5.32 Å². The van der Waals surface area contributed by atoms with E-state index < -0.39 is 17.5 Å². The van der Waals surface area contributed by atoms with Crippen molar-refractivity contribution in [3.8, 4) is 0 Å². The highest BCUT2D eigenvalue weighted by molar-refractivity contribution is 6.31. The SMILES string of the molecule is CC(C)(C)OC(=O)N1CCC(NC(=O)c2ccc(Cl)cc2)C(c2ccc(F)c(Cl)c2)C1. The van der Waals surface area contributed by atoms with Crippen molar-refractivity contribution in [3.63, 3.8) is 0 Å². The second kappa shape index (κ2) is 9.45. The Morgan fingerprint density at radius 1 is 1.13 bits per heavy atom. The average Bonchev–Trinajstić information content (AvgIpc) is 2.69. The molecule has 0 spiro atoms. The molecule has 1 heterocycles. The molecule has 2 aromatic rings. The molecule has 8 heteroatoms. The van der Waals surface area contributed by atoms with Gasteiger partial charge in [0, 0.05) is 35.6 Å². The highest BCUT2D eigenvalue weighted by Crippen LogP contribution is 2.31. The van der Waals surface area contributed by atoms with E-state index in [1.54, 1.807) is 62.1 Å². The van der Waals surface area contributed by atoms with Gasteiger partial charge in [0.1, 0.15) is 11.4 Å². The highest BCUT2D eigenvalue weighted by Gasteiger charge is 2.35. The second-order valence-corrected chi connectivity index (χ2v) is 9.43. The van der Waals surface area contributed by atoms with Gasteiger partial charge in [0.15, 0.2) is 0 Å². The third-order valence-corrected chi connectivity index (χ3v) is 5.60. The zero-order valence-electron chi connectivity index (χ0n) is 17.6. The first-order chi connectivity index (χ1) is 14.5. The highest BCUT2D eigenvalue weighted by atomic mass is 35.5. The van der Waals surface area contributed by atoms with E-state index in [4.69, 9.17) is 27.9 Å². The van der Waals surface area contributed by atoms with Crippen LogP contribution in [0.15, 0.2) is 42.5 Å². The number of ether oxygens (including phenoxy) is 1. The molecule has 1 aliphatic rings. The van der Waals surface area contributed by atoms with Crippen molar-refractivity contribution in [1.82, 2.24) is 10.2 Å². The van der Waals surface area contributed by atoms with E-state index in [1.807, 2.05) is 0 Å². The number of hydrogen-bond acceptors (Lipinski definition) is 3. The average molecular weight is 467 g/mol. The van der Waals surface area contributed by atoms with Gasteiger partial charge in [-0.1, -0.05) is 29.3 Å². The van der Waals surface area contributed by atoms with Crippen molar-refractivity contribution in [2.45, 2.75) is 44.8 Å². The monoisotopic (exact) mass is 466 g/mol. The number of carbonyl (C=O) groups excluding carboxylic acids is 2. The summed E-state index contributed by atoms with van der Waals surface area (Å²) >= 11 is 11.9. The largest absolute Gasteiger partial charge is 0.444 e. The van der Waals surface area contributed by atoms with Crippen molar-refractivity contribution in [2.75, 3.05) is 13.1 Å². The minimum atomic E-state index is -0.620. The van der Waals surface area contributed by atoms with E-state index in [0.717, 1.165) is 5.56 Å². The van der Waals surface area contributed by atoms with Crippen molar-refractivity contribution in [3.05, 3.63) is 69.5 Å². The van der Waals surface area contributed by atoms with Crippen LogP contribution in [0.25, 0.3) is 0 Å². The first kappa shape index (κ1) is 23.4. The summed E-state index contributed by atoms with van der Waals surface area (Å²) in [6.45, 7) is 6.15. The predicted octanol–water partition coefficient (Wildman–Crippen LogP) is 5.66. The molecule has 1 aliphatic heterocycles. The van der Waals surface area contributed by atoms with Crippen LogP contribution >= 0.6 is 23.2 Å². The molecule has 0 saturated carbocycles. The molecule has 31 heavy (non-hydrogen) atoms. The number of amides is 2. The fourth-order valence-electron chi connectivity index (χ4n) is 3.55. The lowest BCUT2D eigenvalue weighted by Gasteiger charge is -2.39. The zero-order chi connectivity index (χ0) is 22.8. The van der Waals surface area contributed by atoms with Gasteiger partial charge < -0.3 is 15.0 Å². The molecule has 2 atom stereocenters. The molecule has 2 aromatic carbocycles. The van der Waals surface area contributed by atoms with E-state index >= 15 is 0 Å². The molecular weight excluding hydrogens is 442 g/mol. The third kappa shape index (κ3) is 6.11. The zero-order valence-corrected chi connectivity index (χ0v) is 19.1. The van der Waals surface area contributed by atoms with Crippen LogP contribution in [0.1, 0.15) is 49.0 Å². The number of nitrogens with zero attached hydrogens (tertiary/aromatic N) is 1. The summed E-state index contributed by atoms with van der Waals surface area (Å²) in [5.41, 5.74) is 0.599. The van der Waals surface area contributed by atoms with Crippen LogP contribution in [0.4, 0.5) is 9.18 Å². The van der Waals surface area contributed by atoms with Gasteiger partial charge in [-0.2, -0.15) is 0 Å². The summed E-state index contributed by atoms with van der Waals surface area (Å²) in [5, 5.41) is 3.59.